The van der Waals surface area contributed by atoms with Crippen LogP contribution in [-0.4, -0.2) is 33.0 Å². The molecule has 9 heteroatoms. The Kier molecular flexibility index (Phi) is 7.40. The smallest absolute Gasteiger partial charge is 0.241 e. The minimum Gasteiger partial charge on any atom is -0.372 e. The Morgan fingerprint density at radius 2 is 1.96 bits per heavy atom. The van der Waals surface area contributed by atoms with Gasteiger partial charge in [0.25, 0.3) is 0 Å². The molecule has 1 atom stereocenters. The first-order valence-electron chi connectivity index (χ1n) is 7.88. The van der Waals surface area contributed by atoms with Crippen LogP contribution in [0.4, 0.5) is 0 Å². The molecule has 0 fully saturated rings. The molecule has 1 amide bonds. The third-order valence-electron chi connectivity index (χ3n) is 4.55. The van der Waals surface area contributed by atoms with Crippen LogP contribution in [0.25, 0.3) is 0 Å². The number of rotatable bonds is 7. The zero-order valence-corrected chi connectivity index (χ0v) is 16.3. The van der Waals surface area contributed by atoms with Crippen molar-refractivity contribution in [2.75, 3.05) is 13.1 Å². The number of carbonyl (C=O) groups is 1. The van der Waals surface area contributed by atoms with E-state index < -0.39 is 21.5 Å². The largest absolute Gasteiger partial charge is 0.372 e. The van der Waals surface area contributed by atoms with Gasteiger partial charge in [0.05, 0.1) is 30.2 Å². The highest BCUT2D eigenvalue weighted by molar-refractivity contribution is 7.89. The van der Waals surface area contributed by atoms with Gasteiger partial charge in [-0.3, -0.25) is 4.79 Å². The Bertz CT molecular complexity index is 724. The van der Waals surface area contributed by atoms with Crippen LogP contribution >= 0.6 is 12.4 Å². The molecule has 0 bridgehead atoms. The Balaban J connectivity index is 0.00000312. The lowest BCUT2D eigenvalue weighted by Crippen LogP contribution is -2.56. The molecule has 7 nitrogen and oxygen atoms in total. The third-order valence-corrected chi connectivity index (χ3v) is 5.95. The second-order valence-electron chi connectivity index (χ2n) is 6.57. The molecule has 25 heavy (non-hydrogen) atoms. The molecular formula is C16H26ClN3O4S. The predicted molar refractivity (Wildman–Crippen MR) is 97.8 cm³/mol. The van der Waals surface area contributed by atoms with E-state index in [1.54, 1.807) is 12.1 Å². The predicted octanol–water partition coefficient (Wildman–Crippen LogP) is 0.907. The van der Waals surface area contributed by atoms with Gasteiger partial charge in [0.1, 0.15) is 0 Å². The zero-order chi connectivity index (χ0) is 18.0. The number of hydrogen-bond donors (Lipinski definition) is 3. The average molecular weight is 392 g/mol. The molecule has 0 aromatic heterocycles. The SMILES string of the molecule is CC(C)C(C)(CN)NC(=O)CNS(=O)(=O)c1ccc2c(c1)COC2.Cl. The summed E-state index contributed by atoms with van der Waals surface area (Å²) >= 11 is 0. The standard InChI is InChI=1S/C16H25N3O4S.ClH/c1-11(2)16(3,10-17)19-15(20)7-18-24(21,22)14-5-4-12-8-23-9-13(12)6-14;/h4-6,11,18H,7-10,17H2,1-3H3,(H,19,20);1H. The fourth-order valence-corrected chi connectivity index (χ4v) is 3.39. The second-order valence-corrected chi connectivity index (χ2v) is 8.34. The van der Waals surface area contributed by atoms with Crippen molar-refractivity contribution < 1.29 is 17.9 Å². The molecule has 1 aliphatic heterocycles. The van der Waals surface area contributed by atoms with E-state index in [9.17, 15) is 13.2 Å². The summed E-state index contributed by atoms with van der Waals surface area (Å²) in [5.41, 5.74) is 6.99. The molecule has 1 unspecified atom stereocenters. The van der Waals surface area contributed by atoms with Crippen molar-refractivity contribution in [3.05, 3.63) is 29.3 Å². The highest BCUT2D eigenvalue weighted by Crippen LogP contribution is 2.23. The summed E-state index contributed by atoms with van der Waals surface area (Å²) in [7, 11) is -3.76. The average Bonchev–Trinajstić information content (AvgIpc) is 3.00. The summed E-state index contributed by atoms with van der Waals surface area (Å²) < 4.78 is 32.3. The van der Waals surface area contributed by atoms with E-state index in [1.807, 2.05) is 20.8 Å². The Morgan fingerprint density at radius 3 is 2.56 bits per heavy atom. The molecular weight excluding hydrogens is 366 g/mol. The van der Waals surface area contributed by atoms with Gasteiger partial charge >= 0.3 is 0 Å². The van der Waals surface area contributed by atoms with Gasteiger partial charge in [-0.1, -0.05) is 19.9 Å². The van der Waals surface area contributed by atoms with Crippen LogP contribution in [0.15, 0.2) is 23.1 Å². The summed E-state index contributed by atoms with van der Waals surface area (Å²) in [4.78, 5) is 12.2. The number of benzene rings is 1. The van der Waals surface area contributed by atoms with Crippen LogP contribution in [0.1, 0.15) is 31.9 Å². The van der Waals surface area contributed by atoms with E-state index in [1.165, 1.54) is 6.07 Å². The number of carbonyl (C=O) groups excluding carboxylic acids is 1. The van der Waals surface area contributed by atoms with Crippen LogP contribution in [0, 0.1) is 5.92 Å². The molecule has 1 aromatic rings. The van der Waals surface area contributed by atoms with Gasteiger partial charge in [-0.2, -0.15) is 0 Å². The normalized spacial score (nSPS) is 16.0. The van der Waals surface area contributed by atoms with Crippen molar-refractivity contribution in [3.8, 4) is 0 Å². The summed E-state index contributed by atoms with van der Waals surface area (Å²) in [6.45, 7) is 6.57. The highest BCUT2D eigenvalue weighted by atomic mass is 35.5. The molecule has 142 valence electrons. The first-order chi connectivity index (χ1) is 11.2. The van der Waals surface area contributed by atoms with Crippen molar-refractivity contribution in [1.82, 2.24) is 10.0 Å². The summed E-state index contributed by atoms with van der Waals surface area (Å²) in [6.07, 6.45) is 0. The van der Waals surface area contributed by atoms with Crippen LogP contribution in [0.3, 0.4) is 0 Å². The van der Waals surface area contributed by atoms with Crippen LogP contribution in [0.2, 0.25) is 0 Å². The topological polar surface area (TPSA) is 111 Å². The number of nitrogens with two attached hydrogens (primary N) is 1. The van der Waals surface area contributed by atoms with Crippen molar-refractivity contribution in [3.63, 3.8) is 0 Å². The van der Waals surface area contributed by atoms with E-state index >= 15 is 0 Å². The van der Waals surface area contributed by atoms with Crippen molar-refractivity contribution in [1.29, 1.82) is 0 Å². The molecule has 0 aliphatic carbocycles. The number of halogens is 1. The first-order valence-corrected chi connectivity index (χ1v) is 9.36. The Hall–Kier alpha value is -1.19. The minimum atomic E-state index is -3.76. The summed E-state index contributed by atoms with van der Waals surface area (Å²) in [5, 5.41) is 2.80. The maximum atomic E-state index is 12.3. The van der Waals surface area contributed by atoms with Gasteiger partial charge < -0.3 is 15.8 Å². The Labute approximate surface area is 155 Å². The quantitative estimate of drug-likeness (QED) is 0.639. The molecule has 0 saturated heterocycles. The number of sulfonamides is 1. The van der Waals surface area contributed by atoms with Crippen LogP contribution in [0.5, 0.6) is 0 Å². The van der Waals surface area contributed by atoms with Crippen molar-refractivity contribution in [2.24, 2.45) is 11.7 Å². The van der Waals surface area contributed by atoms with Crippen LogP contribution in [-0.2, 0) is 32.8 Å². The van der Waals surface area contributed by atoms with Crippen molar-refractivity contribution >= 4 is 28.3 Å². The molecule has 0 saturated carbocycles. The minimum absolute atomic E-state index is 0. The lowest BCUT2D eigenvalue weighted by molar-refractivity contribution is -0.122. The van der Waals surface area contributed by atoms with E-state index in [4.69, 9.17) is 10.5 Å². The van der Waals surface area contributed by atoms with Gasteiger partial charge in [0.2, 0.25) is 15.9 Å². The monoisotopic (exact) mass is 391 g/mol. The second kappa shape index (κ2) is 8.46. The fraction of sp³-hybridized carbons (Fsp3) is 0.562. The van der Waals surface area contributed by atoms with E-state index in [0.29, 0.717) is 13.2 Å². The lowest BCUT2D eigenvalue weighted by Gasteiger charge is -2.33. The van der Waals surface area contributed by atoms with Gasteiger partial charge in [-0.05, 0) is 36.1 Å². The van der Waals surface area contributed by atoms with Crippen LogP contribution < -0.4 is 15.8 Å². The molecule has 1 aliphatic rings. The van der Waals surface area contributed by atoms with E-state index in [2.05, 4.69) is 10.0 Å². The lowest BCUT2D eigenvalue weighted by atomic mass is 9.88. The molecule has 1 heterocycles. The summed E-state index contributed by atoms with van der Waals surface area (Å²) in [5.74, 6) is -0.288. The van der Waals surface area contributed by atoms with Crippen molar-refractivity contribution in [2.45, 2.75) is 44.4 Å². The Morgan fingerprint density at radius 1 is 1.32 bits per heavy atom. The molecule has 2 rings (SSSR count). The van der Waals surface area contributed by atoms with Gasteiger partial charge in [0.15, 0.2) is 0 Å². The molecule has 4 N–H and O–H groups in total. The zero-order valence-electron chi connectivity index (χ0n) is 14.7. The number of ether oxygens (including phenoxy) is 1. The number of amides is 1. The molecule has 0 radical (unpaired) electrons. The maximum Gasteiger partial charge on any atom is 0.241 e. The van der Waals surface area contributed by atoms with Gasteiger partial charge in [0, 0.05) is 6.54 Å². The van der Waals surface area contributed by atoms with E-state index in [-0.39, 0.29) is 36.3 Å². The van der Waals surface area contributed by atoms with Gasteiger partial charge in [-0.25, -0.2) is 13.1 Å². The fourth-order valence-electron chi connectivity index (χ4n) is 2.35. The number of fused-ring (bicyclic) bond motifs is 1. The summed E-state index contributed by atoms with van der Waals surface area (Å²) in [6, 6.07) is 4.84. The molecule has 1 aromatic carbocycles. The highest BCUT2D eigenvalue weighted by Gasteiger charge is 2.29. The number of nitrogens with one attached hydrogen (secondary N) is 2. The molecule has 0 spiro atoms. The van der Waals surface area contributed by atoms with Gasteiger partial charge in [-0.15, -0.1) is 12.4 Å². The maximum absolute atomic E-state index is 12.3. The third kappa shape index (κ3) is 5.15. The number of hydrogen-bond acceptors (Lipinski definition) is 5. The van der Waals surface area contributed by atoms with E-state index in [0.717, 1.165) is 11.1 Å². The first kappa shape index (κ1) is 21.9.